The van der Waals surface area contributed by atoms with Crippen molar-refractivity contribution in [3.63, 3.8) is 0 Å². The van der Waals surface area contributed by atoms with Gasteiger partial charge >= 0.3 is 5.69 Å². The fourth-order valence-electron chi connectivity index (χ4n) is 3.58. The van der Waals surface area contributed by atoms with Gasteiger partial charge in [-0.15, -0.1) is 0 Å². The molecule has 0 aliphatic heterocycles. The molecule has 0 atom stereocenters. The van der Waals surface area contributed by atoms with Gasteiger partial charge in [-0.05, 0) is 11.5 Å². The highest BCUT2D eigenvalue weighted by Crippen LogP contribution is 2.18. The quantitative estimate of drug-likeness (QED) is 0.461. The van der Waals surface area contributed by atoms with Crippen LogP contribution in [0.3, 0.4) is 0 Å². The van der Waals surface area contributed by atoms with E-state index >= 15 is 0 Å². The van der Waals surface area contributed by atoms with E-state index in [1.54, 1.807) is 6.33 Å². The van der Waals surface area contributed by atoms with Gasteiger partial charge < -0.3 is 9.09 Å². The van der Waals surface area contributed by atoms with Crippen LogP contribution in [0, 0.1) is 5.92 Å². The molecule has 0 bridgehead atoms. The normalized spacial score (nSPS) is 12.2. The number of aromatic nitrogens is 6. The van der Waals surface area contributed by atoms with Crippen molar-refractivity contribution >= 4 is 11.2 Å². The van der Waals surface area contributed by atoms with Crippen molar-refractivity contribution in [2.24, 2.45) is 5.92 Å². The fourth-order valence-corrected chi connectivity index (χ4v) is 3.58. The molecule has 0 radical (unpaired) electrons. The average Bonchev–Trinajstić information content (AvgIpc) is 3.36. The molecule has 0 fully saturated rings. The first-order chi connectivity index (χ1) is 15.1. The maximum atomic E-state index is 13.4. The van der Waals surface area contributed by atoms with Crippen molar-refractivity contribution in [1.82, 2.24) is 28.8 Å². The highest BCUT2D eigenvalue weighted by Gasteiger charge is 2.23. The minimum atomic E-state index is -0.461. The molecule has 0 aliphatic rings. The predicted molar refractivity (Wildman–Crippen MR) is 121 cm³/mol. The minimum absolute atomic E-state index is 0.0989. The van der Waals surface area contributed by atoms with Crippen LogP contribution in [0.2, 0.25) is 0 Å². The molecular weight excluding hydrogens is 408 g/mol. The summed E-state index contributed by atoms with van der Waals surface area (Å²) in [4.78, 5) is 35.7. The predicted octanol–water partition coefficient (Wildman–Crippen LogP) is 2.79. The van der Waals surface area contributed by atoms with Gasteiger partial charge in [-0.25, -0.2) is 14.3 Å². The average molecular weight is 437 g/mol. The van der Waals surface area contributed by atoms with Gasteiger partial charge in [0.2, 0.25) is 5.89 Å². The molecule has 3 heterocycles. The van der Waals surface area contributed by atoms with E-state index < -0.39 is 11.2 Å². The van der Waals surface area contributed by atoms with Gasteiger partial charge in [0, 0.05) is 12.0 Å². The molecule has 168 valence electrons. The van der Waals surface area contributed by atoms with Crippen LogP contribution in [0.1, 0.15) is 51.9 Å². The molecule has 4 rings (SSSR count). The Morgan fingerprint density at radius 1 is 1.03 bits per heavy atom. The summed E-state index contributed by atoms with van der Waals surface area (Å²) in [5.74, 6) is 1.05. The van der Waals surface area contributed by atoms with Crippen LogP contribution in [0.25, 0.3) is 11.2 Å². The zero-order valence-corrected chi connectivity index (χ0v) is 19.1. The van der Waals surface area contributed by atoms with Crippen molar-refractivity contribution in [1.29, 1.82) is 0 Å². The first kappa shape index (κ1) is 21.7. The van der Waals surface area contributed by atoms with E-state index in [2.05, 4.69) is 29.0 Å². The summed E-state index contributed by atoms with van der Waals surface area (Å²) in [6.45, 7) is 10.9. The lowest BCUT2D eigenvalue weighted by Crippen LogP contribution is -2.41. The molecule has 0 saturated carbocycles. The molecule has 9 nitrogen and oxygen atoms in total. The Balaban J connectivity index is 1.88. The summed E-state index contributed by atoms with van der Waals surface area (Å²) in [6.07, 6.45) is 1.63. The molecule has 3 aromatic heterocycles. The number of benzene rings is 1. The number of hydrogen-bond acceptors (Lipinski definition) is 6. The third-order valence-electron chi connectivity index (χ3n) is 5.16. The van der Waals surface area contributed by atoms with E-state index in [9.17, 15) is 9.59 Å². The summed E-state index contributed by atoms with van der Waals surface area (Å²) in [5.41, 5.74) is 0.526. The third-order valence-corrected chi connectivity index (χ3v) is 5.16. The van der Waals surface area contributed by atoms with Gasteiger partial charge in [-0.3, -0.25) is 9.36 Å². The summed E-state index contributed by atoms with van der Waals surface area (Å²) in [6, 6.07) is 9.62. The van der Waals surface area contributed by atoms with Crippen molar-refractivity contribution in [2.45, 2.75) is 59.7 Å². The van der Waals surface area contributed by atoms with Crippen LogP contribution in [0.5, 0.6) is 0 Å². The number of nitrogens with zero attached hydrogens (tertiary/aromatic N) is 6. The molecular formula is C23H28N6O3. The van der Waals surface area contributed by atoms with Crippen LogP contribution >= 0.6 is 0 Å². The van der Waals surface area contributed by atoms with E-state index in [-0.39, 0.29) is 17.9 Å². The number of rotatable bonds is 6. The maximum Gasteiger partial charge on any atom is 0.333 e. The van der Waals surface area contributed by atoms with E-state index in [0.717, 1.165) is 10.1 Å². The summed E-state index contributed by atoms with van der Waals surface area (Å²) < 4.78 is 9.86. The van der Waals surface area contributed by atoms with Gasteiger partial charge in [0.1, 0.15) is 6.54 Å². The minimum Gasteiger partial charge on any atom is -0.337 e. The first-order valence-electron chi connectivity index (χ1n) is 10.7. The molecule has 0 spiro atoms. The highest BCUT2D eigenvalue weighted by atomic mass is 16.5. The van der Waals surface area contributed by atoms with E-state index in [4.69, 9.17) is 4.52 Å². The van der Waals surface area contributed by atoms with E-state index in [1.165, 1.54) is 4.57 Å². The first-order valence-corrected chi connectivity index (χ1v) is 10.7. The van der Waals surface area contributed by atoms with Gasteiger partial charge in [0.25, 0.3) is 5.56 Å². The third kappa shape index (κ3) is 4.15. The lowest BCUT2D eigenvalue weighted by Gasteiger charge is -2.13. The molecule has 32 heavy (non-hydrogen) atoms. The number of fused-ring (bicyclic) bond motifs is 1. The smallest absolute Gasteiger partial charge is 0.333 e. The molecule has 0 amide bonds. The second-order valence-electron chi connectivity index (χ2n) is 9.47. The van der Waals surface area contributed by atoms with Crippen molar-refractivity contribution in [3.8, 4) is 0 Å². The largest absolute Gasteiger partial charge is 0.337 e. The summed E-state index contributed by atoms with van der Waals surface area (Å²) in [5, 5.41) is 4.01. The molecule has 9 heteroatoms. The second kappa shape index (κ2) is 8.22. The Labute approximate surface area is 185 Å². The van der Waals surface area contributed by atoms with Gasteiger partial charge in [0.15, 0.2) is 17.0 Å². The highest BCUT2D eigenvalue weighted by molar-refractivity contribution is 5.70. The monoisotopic (exact) mass is 436 g/mol. The number of imidazole rings is 1. The number of hydrogen-bond donors (Lipinski definition) is 0. The van der Waals surface area contributed by atoms with Crippen LogP contribution in [0.4, 0.5) is 0 Å². The summed E-state index contributed by atoms with van der Waals surface area (Å²) in [7, 11) is 0. The standard InChI is InChI=1S/C23H28N6O3/c1-15(2)11-27-14-24-19-18(27)20(30)29(13-17-25-21(26-32-17)23(3,4)5)22(31)28(19)12-16-9-7-6-8-10-16/h6-10,14-15H,11-13H2,1-5H3. The molecule has 0 aliphatic carbocycles. The molecule has 0 N–H and O–H groups in total. The van der Waals surface area contributed by atoms with Crippen molar-refractivity contribution in [3.05, 3.63) is 74.8 Å². The summed E-state index contributed by atoms with van der Waals surface area (Å²) >= 11 is 0. The van der Waals surface area contributed by atoms with Gasteiger partial charge in [-0.1, -0.05) is 70.1 Å². The fraction of sp³-hybridized carbons (Fsp3) is 0.435. The molecule has 0 unspecified atom stereocenters. The van der Waals surface area contributed by atoms with Gasteiger partial charge in [-0.2, -0.15) is 4.98 Å². The lowest BCUT2D eigenvalue weighted by atomic mass is 9.96. The SMILES string of the molecule is CC(C)Cn1cnc2c1c(=O)n(Cc1nc(C(C)(C)C)no1)c(=O)n2Cc1ccccc1. The van der Waals surface area contributed by atoms with Crippen molar-refractivity contribution in [2.75, 3.05) is 0 Å². The van der Waals surface area contributed by atoms with Crippen LogP contribution in [-0.2, 0) is 25.0 Å². The zero-order chi connectivity index (χ0) is 23.0. The Bertz CT molecular complexity index is 1350. The second-order valence-corrected chi connectivity index (χ2v) is 9.47. The lowest BCUT2D eigenvalue weighted by molar-refractivity contribution is 0.353. The van der Waals surface area contributed by atoms with Crippen LogP contribution in [0.15, 0.2) is 50.8 Å². The Morgan fingerprint density at radius 3 is 2.38 bits per heavy atom. The Hall–Kier alpha value is -3.49. The molecule has 0 saturated heterocycles. The van der Waals surface area contributed by atoms with Crippen molar-refractivity contribution < 1.29 is 4.52 Å². The van der Waals surface area contributed by atoms with E-state index in [1.807, 2.05) is 55.7 Å². The molecule has 1 aromatic carbocycles. The van der Waals surface area contributed by atoms with Gasteiger partial charge in [0.05, 0.1) is 12.9 Å². The Kier molecular flexibility index (Phi) is 5.58. The maximum absolute atomic E-state index is 13.4. The van der Waals surface area contributed by atoms with E-state index in [0.29, 0.717) is 36.0 Å². The van der Waals surface area contributed by atoms with Crippen LogP contribution in [-0.4, -0.2) is 28.8 Å². The molecule has 4 aromatic rings. The Morgan fingerprint density at radius 2 is 1.75 bits per heavy atom. The van der Waals surface area contributed by atoms with Crippen LogP contribution < -0.4 is 11.2 Å². The zero-order valence-electron chi connectivity index (χ0n) is 19.1. The topological polar surface area (TPSA) is 101 Å².